The number of hydrogen-bond acceptors (Lipinski definition) is 3. The minimum atomic E-state index is -0.672. The van der Waals surface area contributed by atoms with E-state index in [4.69, 9.17) is 23.2 Å². The molecule has 2 heterocycles. The van der Waals surface area contributed by atoms with E-state index in [-0.39, 0.29) is 11.8 Å². The van der Waals surface area contributed by atoms with Crippen molar-refractivity contribution in [2.24, 2.45) is 0 Å². The van der Waals surface area contributed by atoms with Crippen LogP contribution in [0.4, 0.5) is 0 Å². The number of nitrogens with zero attached hydrogens (tertiary/aromatic N) is 1. The third-order valence-electron chi connectivity index (χ3n) is 4.82. The van der Waals surface area contributed by atoms with Crippen LogP contribution in [-0.4, -0.2) is 45.9 Å². The van der Waals surface area contributed by atoms with Crippen LogP contribution in [0.25, 0.3) is 10.9 Å². The first kappa shape index (κ1) is 20.1. The zero-order valence-corrected chi connectivity index (χ0v) is 17.8. The van der Waals surface area contributed by atoms with Crippen molar-refractivity contribution < 1.29 is 9.59 Å². The number of aromatic amines is 1. The molecule has 0 bridgehead atoms. The maximum Gasteiger partial charge on any atom is 0.268 e. The number of fused-ring (bicyclic) bond motifs is 1. The van der Waals surface area contributed by atoms with Gasteiger partial charge in [0, 0.05) is 39.7 Å². The summed E-state index contributed by atoms with van der Waals surface area (Å²) in [6, 6.07) is 13.8. The molecule has 0 spiro atoms. The Kier molecular flexibility index (Phi) is 6.04. The first-order chi connectivity index (χ1) is 14.0. The third-order valence-corrected chi connectivity index (χ3v) is 6.26. The number of carbonyl (C=O) groups is 2. The van der Waals surface area contributed by atoms with Crippen LogP contribution in [0, 0.1) is 0 Å². The summed E-state index contributed by atoms with van der Waals surface area (Å²) < 4.78 is 0. The number of amides is 2. The predicted molar refractivity (Wildman–Crippen MR) is 119 cm³/mol. The molecule has 1 unspecified atom stereocenters. The fourth-order valence-electron chi connectivity index (χ4n) is 3.37. The maximum absolute atomic E-state index is 13.1. The molecule has 0 radical (unpaired) electrons. The summed E-state index contributed by atoms with van der Waals surface area (Å²) in [6.45, 7) is 0.691. The zero-order valence-electron chi connectivity index (χ0n) is 15.5. The number of hydrogen-bond donors (Lipinski definition) is 2. The summed E-state index contributed by atoms with van der Waals surface area (Å²) in [4.78, 5) is 30.8. The summed E-state index contributed by atoms with van der Waals surface area (Å²) in [7, 11) is 0. The smallest absolute Gasteiger partial charge is 0.268 e. The molecule has 3 aromatic rings. The quantitative estimate of drug-likeness (QED) is 0.610. The average Bonchev–Trinajstić information content (AvgIpc) is 3.36. The maximum atomic E-state index is 13.1. The molecule has 5 nitrogen and oxygen atoms in total. The highest BCUT2D eigenvalue weighted by molar-refractivity contribution is 7.99. The number of H-pyrrole nitrogens is 1. The number of aromatic nitrogens is 1. The van der Waals surface area contributed by atoms with E-state index in [0.29, 0.717) is 34.6 Å². The lowest BCUT2D eigenvalue weighted by atomic mass is 10.0. The Bertz CT molecular complexity index is 1060. The number of nitrogens with one attached hydrogen (secondary N) is 2. The molecule has 150 valence electrons. The van der Waals surface area contributed by atoms with Gasteiger partial charge in [0.25, 0.3) is 5.91 Å². The van der Waals surface area contributed by atoms with Gasteiger partial charge in [0.2, 0.25) is 5.91 Å². The van der Waals surface area contributed by atoms with Crippen LogP contribution in [-0.2, 0) is 11.2 Å². The van der Waals surface area contributed by atoms with Crippen molar-refractivity contribution in [3.63, 3.8) is 0 Å². The first-order valence-electron chi connectivity index (χ1n) is 9.20. The number of thioether (sulfide) groups is 1. The van der Waals surface area contributed by atoms with Crippen molar-refractivity contribution in [3.05, 3.63) is 69.8 Å². The van der Waals surface area contributed by atoms with Gasteiger partial charge >= 0.3 is 0 Å². The van der Waals surface area contributed by atoms with Crippen LogP contribution in [0.2, 0.25) is 10.0 Å². The fraction of sp³-hybridized carbons (Fsp3) is 0.238. The Morgan fingerprint density at radius 2 is 1.97 bits per heavy atom. The van der Waals surface area contributed by atoms with Gasteiger partial charge in [0.15, 0.2) is 0 Å². The lowest BCUT2D eigenvalue weighted by Crippen LogP contribution is -2.49. The van der Waals surface area contributed by atoms with Crippen molar-refractivity contribution in [1.29, 1.82) is 0 Å². The lowest BCUT2D eigenvalue weighted by Gasteiger charge is -2.23. The van der Waals surface area contributed by atoms with Crippen molar-refractivity contribution in [3.8, 4) is 0 Å². The molecule has 2 amide bonds. The second-order valence-electron chi connectivity index (χ2n) is 6.91. The van der Waals surface area contributed by atoms with Crippen LogP contribution >= 0.6 is 35.0 Å². The molecular weight excluding hydrogens is 429 g/mol. The Hall–Kier alpha value is -2.15. The molecule has 1 saturated heterocycles. The van der Waals surface area contributed by atoms with E-state index < -0.39 is 6.04 Å². The van der Waals surface area contributed by atoms with Gasteiger partial charge in [-0.3, -0.25) is 9.59 Å². The molecule has 4 rings (SSSR count). The molecule has 0 saturated carbocycles. The van der Waals surface area contributed by atoms with Gasteiger partial charge in [-0.25, -0.2) is 0 Å². The SMILES string of the molecule is O=C(NC(Cc1cccc(Cl)c1)C(=O)N1CCSC1)c1cc2cc(Cl)ccc2[nH]1. The van der Waals surface area contributed by atoms with E-state index in [0.717, 1.165) is 22.2 Å². The molecule has 1 aromatic heterocycles. The van der Waals surface area contributed by atoms with Crippen molar-refractivity contribution >= 4 is 57.7 Å². The molecule has 2 aromatic carbocycles. The Morgan fingerprint density at radius 1 is 1.14 bits per heavy atom. The fourth-order valence-corrected chi connectivity index (χ4v) is 4.72. The molecular formula is C21H19Cl2N3O2S. The molecule has 1 aliphatic rings. The summed E-state index contributed by atoms with van der Waals surface area (Å²) in [6.07, 6.45) is 0.373. The highest BCUT2D eigenvalue weighted by atomic mass is 35.5. The molecule has 1 fully saturated rings. The van der Waals surface area contributed by atoms with Crippen LogP contribution in [0.3, 0.4) is 0 Å². The number of halogens is 2. The van der Waals surface area contributed by atoms with Crippen LogP contribution in [0.1, 0.15) is 16.1 Å². The Morgan fingerprint density at radius 3 is 2.72 bits per heavy atom. The van der Waals surface area contributed by atoms with Gasteiger partial charge in [-0.05, 0) is 42.0 Å². The highest BCUT2D eigenvalue weighted by Crippen LogP contribution is 2.21. The average molecular weight is 448 g/mol. The van der Waals surface area contributed by atoms with E-state index in [2.05, 4.69) is 10.3 Å². The second-order valence-corrected chi connectivity index (χ2v) is 8.86. The summed E-state index contributed by atoms with van der Waals surface area (Å²) in [5.41, 5.74) is 2.10. The largest absolute Gasteiger partial charge is 0.351 e. The normalized spacial score (nSPS) is 14.9. The third kappa shape index (κ3) is 4.71. The van der Waals surface area contributed by atoms with E-state index >= 15 is 0 Å². The monoisotopic (exact) mass is 447 g/mol. The van der Waals surface area contributed by atoms with Crippen LogP contribution < -0.4 is 5.32 Å². The molecule has 1 aliphatic heterocycles. The topological polar surface area (TPSA) is 65.2 Å². The molecule has 2 N–H and O–H groups in total. The van der Waals surface area contributed by atoms with E-state index in [1.165, 1.54) is 0 Å². The van der Waals surface area contributed by atoms with Gasteiger partial charge < -0.3 is 15.2 Å². The standard InChI is InChI=1S/C21H19Cl2N3O2S/c22-15-3-1-2-13(8-15)9-19(21(28)26-6-7-29-12-26)25-20(27)18-11-14-10-16(23)4-5-17(14)24-18/h1-5,8,10-11,19,24H,6-7,9,12H2,(H,25,27). The lowest BCUT2D eigenvalue weighted by molar-refractivity contribution is -0.131. The zero-order chi connectivity index (χ0) is 20.4. The Balaban J connectivity index is 1.57. The second kappa shape index (κ2) is 8.69. The summed E-state index contributed by atoms with van der Waals surface area (Å²) in [5.74, 6) is 1.14. The van der Waals surface area contributed by atoms with Gasteiger partial charge in [-0.2, -0.15) is 0 Å². The molecule has 1 atom stereocenters. The highest BCUT2D eigenvalue weighted by Gasteiger charge is 2.29. The first-order valence-corrected chi connectivity index (χ1v) is 11.1. The number of benzene rings is 2. The minimum Gasteiger partial charge on any atom is -0.351 e. The van der Waals surface area contributed by atoms with Crippen molar-refractivity contribution in [2.45, 2.75) is 12.5 Å². The molecule has 0 aliphatic carbocycles. The summed E-state index contributed by atoms with van der Waals surface area (Å²) >= 11 is 13.8. The van der Waals surface area contributed by atoms with Crippen LogP contribution in [0.5, 0.6) is 0 Å². The molecule has 29 heavy (non-hydrogen) atoms. The van der Waals surface area contributed by atoms with Crippen molar-refractivity contribution in [2.75, 3.05) is 18.2 Å². The van der Waals surface area contributed by atoms with Gasteiger partial charge in [-0.1, -0.05) is 35.3 Å². The van der Waals surface area contributed by atoms with Crippen LogP contribution in [0.15, 0.2) is 48.5 Å². The van der Waals surface area contributed by atoms with Gasteiger partial charge in [0.1, 0.15) is 11.7 Å². The molecule has 8 heteroatoms. The van der Waals surface area contributed by atoms with Crippen molar-refractivity contribution in [1.82, 2.24) is 15.2 Å². The number of carbonyl (C=O) groups excluding carboxylic acids is 2. The van der Waals surface area contributed by atoms with Gasteiger partial charge in [0.05, 0.1) is 5.88 Å². The van der Waals surface area contributed by atoms with E-state index in [9.17, 15) is 9.59 Å². The predicted octanol–water partition coefficient (Wildman–Crippen LogP) is 4.35. The Labute approximate surface area is 182 Å². The van der Waals surface area contributed by atoms with E-state index in [1.807, 2.05) is 24.3 Å². The van der Waals surface area contributed by atoms with Gasteiger partial charge in [-0.15, -0.1) is 11.8 Å². The van der Waals surface area contributed by atoms with E-state index in [1.54, 1.807) is 40.9 Å². The summed E-state index contributed by atoms with van der Waals surface area (Å²) in [5, 5.41) is 4.95. The minimum absolute atomic E-state index is 0.0810. The number of rotatable bonds is 5.